The minimum atomic E-state index is -5.35. The van der Waals surface area contributed by atoms with E-state index in [1.165, 1.54) is 35.7 Å². The van der Waals surface area contributed by atoms with Gasteiger partial charge in [-0.2, -0.15) is 18.4 Å². The first-order valence-electron chi connectivity index (χ1n) is 12.1. The maximum atomic E-state index is 14.6. The number of alkyl halides is 3. The molecule has 3 atom stereocenters. The number of amides is 1. The maximum Gasteiger partial charge on any atom is 0.437 e. The molecule has 1 aliphatic rings. The smallest absolute Gasteiger partial charge is 0.363 e. The van der Waals surface area contributed by atoms with Gasteiger partial charge < -0.3 is 15.7 Å². The fourth-order valence-corrected chi connectivity index (χ4v) is 6.34. The lowest BCUT2D eigenvalue weighted by atomic mass is 9.70. The van der Waals surface area contributed by atoms with Crippen molar-refractivity contribution in [2.45, 2.75) is 31.2 Å². The first-order valence-corrected chi connectivity index (χ1v) is 14.3. The highest BCUT2D eigenvalue weighted by atomic mass is 35.5. The predicted molar refractivity (Wildman–Crippen MR) is 150 cm³/mol. The molecule has 1 aromatic heterocycles. The van der Waals surface area contributed by atoms with Gasteiger partial charge >= 0.3 is 6.18 Å². The summed E-state index contributed by atoms with van der Waals surface area (Å²) in [5.41, 5.74) is -2.39. The summed E-state index contributed by atoms with van der Waals surface area (Å²) in [7, 11) is 0. The van der Waals surface area contributed by atoms with E-state index in [1.54, 1.807) is 18.2 Å². The van der Waals surface area contributed by atoms with Crippen molar-refractivity contribution in [3.63, 3.8) is 0 Å². The number of anilines is 1. The second kappa shape index (κ2) is 12.1. The number of benzene rings is 2. The predicted octanol–water partition coefficient (Wildman–Crippen LogP) is 6.51. The van der Waals surface area contributed by atoms with Crippen LogP contribution in [0.4, 0.5) is 18.9 Å². The SMILES string of the molecule is CCc1ccc(NC(=O)CSC2=C(C#N)C(c3ccccc3Cl)C(C(=O)c3cccs3)C(O)(C(F)(F)F)N2)cc1. The van der Waals surface area contributed by atoms with Gasteiger partial charge in [0, 0.05) is 16.6 Å². The number of rotatable bonds is 8. The van der Waals surface area contributed by atoms with Crippen molar-refractivity contribution in [1.29, 1.82) is 5.26 Å². The summed E-state index contributed by atoms with van der Waals surface area (Å²) in [6.07, 6.45) is -4.54. The zero-order valence-electron chi connectivity index (χ0n) is 21.0. The van der Waals surface area contributed by atoms with Gasteiger partial charge in [0.05, 0.1) is 33.2 Å². The number of carbonyl (C=O) groups is 2. The average molecular weight is 606 g/mol. The fourth-order valence-electron chi connectivity index (χ4n) is 4.48. The summed E-state index contributed by atoms with van der Waals surface area (Å²) in [6.45, 7) is 1.98. The molecule has 0 bridgehead atoms. The molecule has 3 N–H and O–H groups in total. The van der Waals surface area contributed by atoms with Crippen molar-refractivity contribution >= 4 is 52.1 Å². The topological polar surface area (TPSA) is 102 Å². The Labute approximate surface area is 241 Å². The fraction of sp³-hybridized carbons (Fsp3) is 0.250. The molecule has 208 valence electrons. The Kier molecular flexibility index (Phi) is 8.95. The van der Waals surface area contributed by atoms with Crippen LogP contribution in [0.3, 0.4) is 0 Å². The standard InChI is InChI=1S/C28H23ClF3N3O3S2/c1-2-16-9-11-17(12-10-16)34-22(36)15-40-26-19(14-33)23(18-6-3-4-7-20(18)29)24(25(37)21-8-5-13-39-21)27(38,35-26)28(30,31)32/h3-13,23-24,35,38H,2,15H2,1H3,(H,34,36). The highest BCUT2D eigenvalue weighted by Crippen LogP contribution is 2.52. The minimum Gasteiger partial charge on any atom is -0.363 e. The van der Waals surface area contributed by atoms with Gasteiger partial charge in [0.25, 0.3) is 0 Å². The summed E-state index contributed by atoms with van der Waals surface area (Å²) < 4.78 is 43.9. The van der Waals surface area contributed by atoms with E-state index in [2.05, 4.69) is 5.32 Å². The summed E-state index contributed by atoms with van der Waals surface area (Å²) >= 11 is 7.91. The third kappa shape index (κ3) is 5.90. The molecule has 1 amide bonds. The Hall–Kier alpha value is -3.30. The van der Waals surface area contributed by atoms with Crippen molar-refractivity contribution < 1.29 is 27.9 Å². The molecule has 0 saturated heterocycles. The Morgan fingerprint density at radius 1 is 1.18 bits per heavy atom. The van der Waals surface area contributed by atoms with Crippen LogP contribution in [-0.2, 0) is 11.2 Å². The summed E-state index contributed by atoms with van der Waals surface area (Å²) in [5, 5.41) is 27.3. The zero-order chi connectivity index (χ0) is 29.1. The number of aryl methyl sites for hydroxylation is 1. The second-order valence-corrected chi connectivity index (χ2v) is 11.3. The molecule has 4 rings (SSSR count). The van der Waals surface area contributed by atoms with Crippen LogP contribution in [-0.4, -0.2) is 34.5 Å². The Morgan fingerprint density at radius 2 is 1.88 bits per heavy atom. The van der Waals surface area contributed by atoms with E-state index in [9.17, 15) is 33.1 Å². The highest BCUT2D eigenvalue weighted by Gasteiger charge is 2.66. The van der Waals surface area contributed by atoms with Gasteiger partial charge in [0.15, 0.2) is 5.78 Å². The number of allylic oxidation sites excluding steroid dienone is 1. The van der Waals surface area contributed by atoms with Crippen molar-refractivity contribution in [2.75, 3.05) is 11.1 Å². The quantitative estimate of drug-likeness (QED) is 0.253. The van der Waals surface area contributed by atoms with E-state index in [4.69, 9.17) is 11.6 Å². The number of aliphatic hydroxyl groups is 1. The molecule has 12 heteroatoms. The van der Waals surface area contributed by atoms with Gasteiger partial charge in [0.2, 0.25) is 11.6 Å². The van der Waals surface area contributed by atoms with E-state index in [0.717, 1.165) is 23.3 Å². The van der Waals surface area contributed by atoms with Crippen molar-refractivity contribution in [1.82, 2.24) is 5.32 Å². The Morgan fingerprint density at radius 3 is 2.45 bits per heavy atom. The lowest BCUT2D eigenvalue weighted by Crippen LogP contribution is -2.66. The third-order valence-electron chi connectivity index (χ3n) is 6.48. The Bertz CT molecular complexity index is 1470. The molecular weight excluding hydrogens is 583 g/mol. The number of thioether (sulfide) groups is 1. The van der Waals surface area contributed by atoms with Crippen LogP contribution in [0.5, 0.6) is 0 Å². The van der Waals surface area contributed by atoms with Crippen LogP contribution in [0.1, 0.15) is 33.6 Å². The molecule has 0 fully saturated rings. The first-order chi connectivity index (χ1) is 19.0. The van der Waals surface area contributed by atoms with Crippen LogP contribution in [0, 0.1) is 17.2 Å². The molecule has 40 heavy (non-hydrogen) atoms. The molecule has 0 aliphatic carbocycles. The van der Waals surface area contributed by atoms with E-state index in [0.29, 0.717) is 17.4 Å². The zero-order valence-corrected chi connectivity index (χ0v) is 23.3. The number of hydrogen-bond acceptors (Lipinski definition) is 7. The number of halogens is 4. The van der Waals surface area contributed by atoms with E-state index >= 15 is 0 Å². The van der Waals surface area contributed by atoms with Crippen LogP contribution >= 0.6 is 34.7 Å². The van der Waals surface area contributed by atoms with Gasteiger partial charge in [-0.05, 0) is 47.2 Å². The summed E-state index contributed by atoms with van der Waals surface area (Å²) in [6, 6.07) is 17.8. The number of ketones is 1. The van der Waals surface area contributed by atoms with Crippen molar-refractivity contribution in [3.05, 3.63) is 97.7 Å². The summed E-state index contributed by atoms with van der Waals surface area (Å²) in [5.74, 6) is -5.67. The van der Waals surface area contributed by atoms with Gasteiger partial charge in [-0.25, -0.2) is 0 Å². The highest BCUT2D eigenvalue weighted by molar-refractivity contribution is 8.03. The molecule has 2 heterocycles. The van der Waals surface area contributed by atoms with Gasteiger partial charge in [-0.15, -0.1) is 11.3 Å². The van der Waals surface area contributed by atoms with Crippen LogP contribution in [0.2, 0.25) is 5.02 Å². The van der Waals surface area contributed by atoms with Gasteiger partial charge in [0.1, 0.15) is 0 Å². The number of thiophene rings is 1. The molecule has 1 aliphatic heterocycles. The number of carbonyl (C=O) groups excluding carboxylic acids is 2. The summed E-state index contributed by atoms with van der Waals surface area (Å²) in [4.78, 5) is 26.2. The number of Topliss-reactive ketones (excluding diaryl/α,β-unsaturated/α-hetero) is 1. The van der Waals surface area contributed by atoms with Gasteiger partial charge in [-0.3, -0.25) is 9.59 Å². The largest absolute Gasteiger partial charge is 0.437 e. The number of nitriles is 1. The van der Waals surface area contributed by atoms with Crippen LogP contribution in [0.25, 0.3) is 0 Å². The molecule has 6 nitrogen and oxygen atoms in total. The van der Waals surface area contributed by atoms with Crippen LogP contribution < -0.4 is 10.6 Å². The van der Waals surface area contributed by atoms with Crippen molar-refractivity contribution in [2.24, 2.45) is 5.92 Å². The molecule has 0 radical (unpaired) electrons. The van der Waals surface area contributed by atoms with Gasteiger partial charge in [-0.1, -0.05) is 66.7 Å². The lowest BCUT2D eigenvalue weighted by molar-refractivity contribution is -0.285. The second-order valence-electron chi connectivity index (χ2n) is 8.95. The monoisotopic (exact) mass is 605 g/mol. The third-order valence-corrected chi connectivity index (χ3v) is 8.72. The normalized spacial score (nSPS) is 20.9. The number of nitrogens with zero attached hydrogens (tertiary/aromatic N) is 1. The molecule has 2 aromatic carbocycles. The first kappa shape index (κ1) is 29.7. The van der Waals surface area contributed by atoms with Crippen molar-refractivity contribution in [3.8, 4) is 6.07 Å². The van der Waals surface area contributed by atoms with E-state index < -0.39 is 35.4 Å². The maximum absolute atomic E-state index is 14.6. The average Bonchev–Trinajstić information content (AvgIpc) is 3.46. The van der Waals surface area contributed by atoms with Crippen LogP contribution in [0.15, 0.2) is 76.6 Å². The molecule has 0 saturated carbocycles. The number of hydrogen-bond donors (Lipinski definition) is 3. The molecular formula is C28H23ClF3N3O3S2. The number of nitrogens with one attached hydrogen (secondary N) is 2. The lowest BCUT2D eigenvalue weighted by Gasteiger charge is -2.45. The molecule has 0 spiro atoms. The molecule has 3 aromatic rings. The Balaban J connectivity index is 1.77. The van der Waals surface area contributed by atoms with E-state index in [-0.39, 0.29) is 31.8 Å². The minimum absolute atomic E-state index is 0.0200. The van der Waals surface area contributed by atoms with E-state index in [1.807, 2.05) is 30.4 Å². The molecule has 3 unspecified atom stereocenters.